The summed E-state index contributed by atoms with van der Waals surface area (Å²) >= 11 is 0. The molecule has 0 radical (unpaired) electrons. The van der Waals surface area contributed by atoms with E-state index in [-0.39, 0.29) is 0 Å². The SMILES string of the molecule is CC(C)C(C)(C)C.CCCCC(C)CC. The van der Waals surface area contributed by atoms with Crippen LogP contribution in [0, 0.1) is 17.3 Å². The van der Waals surface area contributed by atoms with Crippen LogP contribution in [0.5, 0.6) is 0 Å². The van der Waals surface area contributed by atoms with E-state index < -0.39 is 0 Å². The van der Waals surface area contributed by atoms with Crippen LogP contribution in [-0.4, -0.2) is 0 Å². The first-order valence-electron chi connectivity index (χ1n) is 6.75. The number of rotatable bonds is 4. The van der Waals surface area contributed by atoms with Gasteiger partial charge < -0.3 is 0 Å². The van der Waals surface area contributed by atoms with E-state index in [4.69, 9.17) is 0 Å². The third-order valence-electron chi connectivity index (χ3n) is 3.48. The van der Waals surface area contributed by atoms with Crippen molar-refractivity contribution >= 4 is 0 Å². The molecule has 1 atom stereocenters. The number of hydrogen-bond acceptors (Lipinski definition) is 0. The summed E-state index contributed by atoms with van der Waals surface area (Å²) in [4.78, 5) is 0. The molecule has 0 heteroatoms. The molecule has 0 spiro atoms. The third kappa shape index (κ3) is 14.0. The molecule has 0 heterocycles. The first-order chi connectivity index (χ1) is 6.75. The fourth-order valence-electron chi connectivity index (χ4n) is 0.757. The van der Waals surface area contributed by atoms with Crippen LogP contribution in [0.4, 0.5) is 0 Å². The van der Waals surface area contributed by atoms with Crippen LogP contribution in [0.25, 0.3) is 0 Å². The number of unbranched alkanes of at least 4 members (excludes halogenated alkanes) is 1. The molecular weight excluding hydrogens is 180 g/mol. The summed E-state index contributed by atoms with van der Waals surface area (Å²) in [6, 6.07) is 0. The van der Waals surface area contributed by atoms with Crippen molar-refractivity contribution in [2.45, 2.75) is 81.1 Å². The van der Waals surface area contributed by atoms with E-state index in [1.807, 2.05) is 0 Å². The third-order valence-corrected chi connectivity index (χ3v) is 3.48. The Hall–Kier alpha value is 0. The van der Waals surface area contributed by atoms with E-state index in [9.17, 15) is 0 Å². The second-order valence-electron chi connectivity index (χ2n) is 6.18. The van der Waals surface area contributed by atoms with Crippen LogP contribution < -0.4 is 0 Å². The minimum Gasteiger partial charge on any atom is -0.0654 e. The lowest BCUT2D eigenvalue weighted by atomic mass is 9.84. The monoisotopic (exact) mass is 214 g/mol. The Morgan fingerprint density at radius 1 is 0.933 bits per heavy atom. The molecule has 0 aromatic heterocycles. The zero-order valence-corrected chi connectivity index (χ0v) is 12.5. The summed E-state index contributed by atoms with van der Waals surface area (Å²) in [7, 11) is 0. The predicted octanol–water partition coefficient (Wildman–Crippen LogP) is 5.91. The molecule has 94 valence electrons. The van der Waals surface area contributed by atoms with Crippen LogP contribution in [0.3, 0.4) is 0 Å². The molecule has 0 nitrogen and oxygen atoms in total. The lowest BCUT2D eigenvalue weighted by Crippen LogP contribution is -2.12. The van der Waals surface area contributed by atoms with Crippen molar-refractivity contribution in [3.05, 3.63) is 0 Å². The molecule has 0 saturated heterocycles. The van der Waals surface area contributed by atoms with Gasteiger partial charge in [-0.15, -0.1) is 0 Å². The molecule has 1 unspecified atom stereocenters. The van der Waals surface area contributed by atoms with Crippen molar-refractivity contribution in [1.82, 2.24) is 0 Å². The molecule has 0 aromatic rings. The highest BCUT2D eigenvalue weighted by atomic mass is 14.2. The lowest BCUT2D eigenvalue weighted by molar-refractivity contribution is 0.283. The molecule has 0 aromatic carbocycles. The van der Waals surface area contributed by atoms with Gasteiger partial charge in [-0.25, -0.2) is 0 Å². The van der Waals surface area contributed by atoms with Crippen molar-refractivity contribution in [2.75, 3.05) is 0 Å². The first-order valence-corrected chi connectivity index (χ1v) is 6.75. The van der Waals surface area contributed by atoms with Crippen molar-refractivity contribution in [3.63, 3.8) is 0 Å². The summed E-state index contributed by atoms with van der Waals surface area (Å²) in [6.45, 7) is 18.1. The van der Waals surface area contributed by atoms with Crippen molar-refractivity contribution in [3.8, 4) is 0 Å². The molecule has 0 saturated carbocycles. The average molecular weight is 214 g/mol. The summed E-state index contributed by atoms with van der Waals surface area (Å²) in [5.41, 5.74) is 0.500. The Morgan fingerprint density at radius 3 is 1.53 bits per heavy atom. The fraction of sp³-hybridized carbons (Fsp3) is 1.00. The highest BCUT2D eigenvalue weighted by Gasteiger charge is 2.13. The topological polar surface area (TPSA) is 0 Å². The van der Waals surface area contributed by atoms with Gasteiger partial charge in [0.1, 0.15) is 0 Å². The molecular formula is C15H34. The molecule has 0 amide bonds. The smallest absolute Gasteiger partial charge is 0.0360 e. The highest BCUT2D eigenvalue weighted by Crippen LogP contribution is 2.23. The fourth-order valence-corrected chi connectivity index (χ4v) is 0.757. The van der Waals surface area contributed by atoms with Crippen molar-refractivity contribution in [2.24, 2.45) is 17.3 Å². The zero-order chi connectivity index (χ0) is 12.5. The normalized spacial score (nSPS) is 13.4. The minimum absolute atomic E-state index is 0.500. The van der Waals surface area contributed by atoms with Crippen LogP contribution in [0.2, 0.25) is 0 Å². The minimum atomic E-state index is 0.500. The second-order valence-corrected chi connectivity index (χ2v) is 6.18. The van der Waals surface area contributed by atoms with E-state index in [0.29, 0.717) is 5.41 Å². The molecule has 0 aliphatic heterocycles. The maximum absolute atomic E-state index is 2.33. The van der Waals surface area contributed by atoms with E-state index >= 15 is 0 Å². The summed E-state index contributed by atoms with van der Waals surface area (Å²) < 4.78 is 0. The van der Waals surface area contributed by atoms with Crippen molar-refractivity contribution in [1.29, 1.82) is 0 Å². The average Bonchev–Trinajstić information content (AvgIpc) is 2.13. The van der Waals surface area contributed by atoms with E-state index in [2.05, 4.69) is 55.4 Å². The second kappa shape index (κ2) is 9.24. The van der Waals surface area contributed by atoms with Gasteiger partial charge in [-0.3, -0.25) is 0 Å². The van der Waals surface area contributed by atoms with Gasteiger partial charge in [-0.2, -0.15) is 0 Å². The first kappa shape index (κ1) is 17.4. The Bertz CT molecular complexity index is 116. The Morgan fingerprint density at radius 2 is 1.33 bits per heavy atom. The van der Waals surface area contributed by atoms with Crippen LogP contribution in [0.1, 0.15) is 81.1 Å². The van der Waals surface area contributed by atoms with Crippen LogP contribution >= 0.6 is 0 Å². The lowest BCUT2D eigenvalue weighted by Gasteiger charge is -2.22. The van der Waals surface area contributed by atoms with Gasteiger partial charge in [0.2, 0.25) is 0 Å². The maximum atomic E-state index is 2.33. The number of hydrogen-bond donors (Lipinski definition) is 0. The molecule has 0 aliphatic carbocycles. The standard InChI is InChI=1S/C8H18.C7H16/c1-4-6-7-8(3)5-2;1-6(2)7(3,4)5/h8H,4-7H2,1-3H3;6H,1-5H3. The summed E-state index contributed by atoms with van der Waals surface area (Å²) in [5, 5.41) is 0. The van der Waals surface area contributed by atoms with Crippen molar-refractivity contribution < 1.29 is 0 Å². The van der Waals surface area contributed by atoms with Gasteiger partial charge in [-0.1, -0.05) is 81.1 Å². The molecule has 0 rings (SSSR count). The largest absolute Gasteiger partial charge is 0.0654 e. The highest BCUT2D eigenvalue weighted by molar-refractivity contribution is 4.64. The van der Waals surface area contributed by atoms with E-state index in [1.165, 1.54) is 25.7 Å². The maximum Gasteiger partial charge on any atom is -0.0360 e. The van der Waals surface area contributed by atoms with Gasteiger partial charge in [0.25, 0.3) is 0 Å². The molecule has 0 N–H and O–H groups in total. The molecule has 0 bridgehead atoms. The van der Waals surface area contributed by atoms with E-state index in [1.54, 1.807) is 0 Å². The van der Waals surface area contributed by atoms with Gasteiger partial charge in [0.15, 0.2) is 0 Å². The molecule has 0 aliphatic rings. The van der Waals surface area contributed by atoms with E-state index in [0.717, 1.165) is 11.8 Å². The Balaban J connectivity index is 0. The van der Waals surface area contributed by atoms with Gasteiger partial charge >= 0.3 is 0 Å². The van der Waals surface area contributed by atoms with Crippen LogP contribution in [-0.2, 0) is 0 Å². The molecule has 15 heavy (non-hydrogen) atoms. The Kier molecular flexibility index (Phi) is 10.7. The summed E-state index contributed by atoms with van der Waals surface area (Å²) in [5.74, 6) is 1.75. The van der Waals surface area contributed by atoms with Gasteiger partial charge in [0, 0.05) is 0 Å². The van der Waals surface area contributed by atoms with Gasteiger partial charge in [-0.05, 0) is 17.3 Å². The Labute approximate surface area is 98.9 Å². The summed E-state index contributed by atoms with van der Waals surface area (Å²) in [6.07, 6.45) is 5.53. The van der Waals surface area contributed by atoms with Crippen LogP contribution in [0.15, 0.2) is 0 Å². The quantitative estimate of drug-likeness (QED) is 0.545. The molecule has 0 fully saturated rings. The predicted molar refractivity (Wildman–Crippen MR) is 73.3 cm³/mol. The zero-order valence-electron chi connectivity index (χ0n) is 12.5. The van der Waals surface area contributed by atoms with Gasteiger partial charge in [0.05, 0.1) is 0 Å².